The molecule has 3 aromatic carbocycles. The fourth-order valence-corrected chi connectivity index (χ4v) is 4.17. The maximum absolute atomic E-state index is 12.8. The highest BCUT2D eigenvalue weighted by molar-refractivity contribution is 7.92. The Kier molecular flexibility index (Phi) is 6.41. The van der Waals surface area contributed by atoms with Crippen LogP contribution in [0.15, 0.2) is 96.0 Å². The van der Waals surface area contributed by atoms with Crippen molar-refractivity contribution in [2.24, 2.45) is 0 Å². The lowest BCUT2D eigenvalue weighted by Crippen LogP contribution is -2.16. The van der Waals surface area contributed by atoms with E-state index in [0.717, 1.165) is 5.69 Å². The van der Waals surface area contributed by atoms with E-state index in [1.165, 1.54) is 31.4 Å². The van der Waals surface area contributed by atoms with Crippen LogP contribution in [0, 0.1) is 0 Å². The molecule has 0 aliphatic rings. The van der Waals surface area contributed by atoms with Crippen molar-refractivity contribution in [2.45, 2.75) is 11.5 Å². The largest absolute Gasteiger partial charge is 0.497 e. The van der Waals surface area contributed by atoms with Crippen LogP contribution in [0.4, 0.5) is 5.69 Å². The summed E-state index contributed by atoms with van der Waals surface area (Å²) in [6, 6.07) is 23.5. The van der Waals surface area contributed by atoms with Crippen LogP contribution in [0.1, 0.15) is 16.1 Å². The van der Waals surface area contributed by atoms with Crippen molar-refractivity contribution in [3.63, 3.8) is 0 Å². The lowest BCUT2D eigenvalue weighted by atomic mass is 10.2. The average molecular weight is 464 g/mol. The summed E-state index contributed by atoms with van der Waals surface area (Å²) < 4.78 is 40.1. The molecule has 4 rings (SSSR count). The Morgan fingerprint density at radius 1 is 0.939 bits per heavy atom. The SMILES string of the molecule is COc1ccc(S(=O)(=O)Nc2ccccc2C(=O)OCc2ccn(-c3ccccc3)n2)cc1. The highest BCUT2D eigenvalue weighted by Crippen LogP contribution is 2.23. The Bertz CT molecular complexity index is 1350. The molecule has 33 heavy (non-hydrogen) atoms. The van der Waals surface area contributed by atoms with Crippen molar-refractivity contribution in [1.29, 1.82) is 0 Å². The Balaban J connectivity index is 1.46. The Morgan fingerprint density at radius 2 is 1.64 bits per heavy atom. The summed E-state index contributed by atoms with van der Waals surface area (Å²) in [5, 5.41) is 4.40. The molecule has 0 saturated carbocycles. The van der Waals surface area contributed by atoms with Crippen LogP contribution < -0.4 is 9.46 Å². The molecule has 9 heteroatoms. The lowest BCUT2D eigenvalue weighted by molar-refractivity contribution is 0.0468. The monoisotopic (exact) mass is 463 g/mol. The number of nitrogens with zero attached hydrogens (tertiary/aromatic N) is 2. The fraction of sp³-hybridized carbons (Fsp3) is 0.0833. The van der Waals surface area contributed by atoms with Gasteiger partial charge in [-0.05, 0) is 54.6 Å². The molecular formula is C24H21N3O5S. The molecule has 1 heterocycles. The van der Waals surface area contributed by atoms with E-state index in [4.69, 9.17) is 9.47 Å². The lowest BCUT2D eigenvalue weighted by Gasteiger charge is -2.12. The van der Waals surface area contributed by atoms with Crippen LogP contribution in [0.25, 0.3) is 5.69 Å². The predicted octanol–water partition coefficient (Wildman–Crippen LogP) is 4.04. The second-order valence-electron chi connectivity index (χ2n) is 6.99. The molecule has 4 aromatic rings. The number of hydrogen-bond donors (Lipinski definition) is 1. The summed E-state index contributed by atoms with van der Waals surface area (Å²) in [5.74, 6) is -0.134. The number of aromatic nitrogens is 2. The summed E-state index contributed by atoms with van der Waals surface area (Å²) in [7, 11) is -2.42. The van der Waals surface area contributed by atoms with Gasteiger partial charge in [-0.2, -0.15) is 5.10 Å². The maximum Gasteiger partial charge on any atom is 0.340 e. The molecule has 0 amide bonds. The van der Waals surface area contributed by atoms with Crippen LogP contribution in [0.5, 0.6) is 5.75 Å². The standard InChI is InChI=1S/C24H21N3O5S/c1-31-20-11-13-21(14-12-20)33(29,30)26-23-10-6-5-9-22(23)24(28)32-17-18-15-16-27(25-18)19-7-3-2-4-8-19/h2-16,26H,17H2,1H3. The van der Waals surface area contributed by atoms with E-state index in [1.54, 1.807) is 41.2 Å². The minimum absolute atomic E-state index is 0.0397. The highest BCUT2D eigenvalue weighted by Gasteiger charge is 2.20. The molecule has 0 bridgehead atoms. The minimum atomic E-state index is -3.92. The van der Waals surface area contributed by atoms with Crippen molar-refractivity contribution >= 4 is 21.7 Å². The number of carbonyl (C=O) groups excluding carboxylic acids is 1. The van der Waals surface area contributed by atoms with Gasteiger partial charge in [0.05, 0.1) is 28.9 Å². The summed E-state index contributed by atoms with van der Waals surface area (Å²) in [4.78, 5) is 12.8. The first kappa shape index (κ1) is 22.1. The quantitative estimate of drug-likeness (QED) is 0.396. The van der Waals surface area contributed by atoms with E-state index in [1.807, 2.05) is 30.3 Å². The molecule has 0 unspecified atom stereocenters. The molecule has 1 aromatic heterocycles. The van der Waals surface area contributed by atoms with Crippen LogP contribution in [0.2, 0.25) is 0 Å². The molecule has 8 nitrogen and oxygen atoms in total. The van der Waals surface area contributed by atoms with E-state index < -0.39 is 16.0 Å². The Hall–Kier alpha value is -4.11. The molecule has 0 aliphatic carbocycles. The van der Waals surface area contributed by atoms with E-state index in [2.05, 4.69) is 9.82 Å². The fourth-order valence-electron chi connectivity index (χ4n) is 3.09. The molecule has 0 fully saturated rings. The number of hydrogen-bond acceptors (Lipinski definition) is 6. The van der Waals surface area contributed by atoms with Gasteiger partial charge in [-0.25, -0.2) is 17.9 Å². The number of ether oxygens (including phenoxy) is 2. The predicted molar refractivity (Wildman–Crippen MR) is 123 cm³/mol. The van der Waals surface area contributed by atoms with Gasteiger partial charge in [-0.3, -0.25) is 4.72 Å². The summed E-state index contributed by atoms with van der Waals surface area (Å²) in [6.45, 7) is -0.0573. The molecule has 168 valence electrons. The number of methoxy groups -OCH3 is 1. The third-order valence-electron chi connectivity index (χ3n) is 4.78. The summed E-state index contributed by atoms with van der Waals surface area (Å²) in [5.41, 5.74) is 1.65. The average Bonchev–Trinajstić information content (AvgIpc) is 3.32. The van der Waals surface area contributed by atoms with Crippen molar-refractivity contribution in [3.8, 4) is 11.4 Å². The van der Waals surface area contributed by atoms with Gasteiger partial charge in [0, 0.05) is 6.20 Å². The van der Waals surface area contributed by atoms with Crippen molar-refractivity contribution in [1.82, 2.24) is 9.78 Å². The van der Waals surface area contributed by atoms with Gasteiger partial charge in [0.2, 0.25) is 0 Å². The number of sulfonamides is 1. The van der Waals surface area contributed by atoms with Gasteiger partial charge in [-0.15, -0.1) is 0 Å². The van der Waals surface area contributed by atoms with Crippen LogP contribution in [-0.2, 0) is 21.4 Å². The van der Waals surface area contributed by atoms with Gasteiger partial charge >= 0.3 is 5.97 Å². The third kappa shape index (κ3) is 5.21. The third-order valence-corrected chi connectivity index (χ3v) is 6.16. The Morgan fingerprint density at radius 3 is 2.36 bits per heavy atom. The van der Waals surface area contributed by atoms with Crippen molar-refractivity contribution in [3.05, 3.63) is 102 Å². The smallest absolute Gasteiger partial charge is 0.340 e. The Labute approximate surface area is 191 Å². The molecular weight excluding hydrogens is 442 g/mol. The molecule has 1 N–H and O–H groups in total. The zero-order valence-electron chi connectivity index (χ0n) is 17.7. The van der Waals surface area contributed by atoms with Gasteiger partial charge in [-0.1, -0.05) is 30.3 Å². The number of benzene rings is 3. The van der Waals surface area contributed by atoms with Crippen LogP contribution >= 0.6 is 0 Å². The van der Waals surface area contributed by atoms with Crippen LogP contribution in [-0.4, -0.2) is 31.3 Å². The number of rotatable bonds is 8. The number of esters is 1. The summed E-state index contributed by atoms with van der Waals surface area (Å²) in [6.07, 6.45) is 1.77. The first-order valence-corrected chi connectivity index (χ1v) is 11.5. The van der Waals surface area contributed by atoms with Gasteiger partial charge in [0.15, 0.2) is 0 Å². The highest BCUT2D eigenvalue weighted by atomic mass is 32.2. The van der Waals surface area contributed by atoms with Gasteiger partial charge < -0.3 is 9.47 Å². The number of para-hydroxylation sites is 2. The van der Waals surface area contributed by atoms with Crippen molar-refractivity contribution in [2.75, 3.05) is 11.8 Å². The number of anilines is 1. The van der Waals surface area contributed by atoms with E-state index in [0.29, 0.717) is 11.4 Å². The van der Waals surface area contributed by atoms with E-state index in [9.17, 15) is 13.2 Å². The van der Waals surface area contributed by atoms with E-state index >= 15 is 0 Å². The van der Waals surface area contributed by atoms with Gasteiger partial charge in [0.25, 0.3) is 10.0 Å². The molecule has 0 saturated heterocycles. The first-order chi connectivity index (χ1) is 16.0. The second kappa shape index (κ2) is 9.58. The zero-order valence-corrected chi connectivity index (χ0v) is 18.5. The maximum atomic E-state index is 12.8. The van der Waals surface area contributed by atoms with E-state index in [-0.39, 0.29) is 22.8 Å². The number of carbonyl (C=O) groups is 1. The van der Waals surface area contributed by atoms with Gasteiger partial charge in [0.1, 0.15) is 18.1 Å². The summed E-state index contributed by atoms with van der Waals surface area (Å²) >= 11 is 0. The second-order valence-corrected chi connectivity index (χ2v) is 8.67. The topological polar surface area (TPSA) is 99.5 Å². The molecule has 0 radical (unpaired) electrons. The first-order valence-electron chi connectivity index (χ1n) is 9.99. The zero-order chi connectivity index (χ0) is 23.3. The molecule has 0 aliphatic heterocycles. The van der Waals surface area contributed by atoms with Crippen LogP contribution in [0.3, 0.4) is 0 Å². The van der Waals surface area contributed by atoms with Crippen molar-refractivity contribution < 1.29 is 22.7 Å². The number of nitrogens with one attached hydrogen (secondary N) is 1. The minimum Gasteiger partial charge on any atom is -0.497 e. The normalized spacial score (nSPS) is 11.1. The molecule has 0 atom stereocenters. The molecule has 0 spiro atoms.